The summed E-state index contributed by atoms with van der Waals surface area (Å²) in [6, 6.07) is -0.0953. The quantitative estimate of drug-likeness (QED) is 0.519. The number of nitrogens with zero attached hydrogens (tertiary/aromatic N) is 6. The zero-order chi connectivity index (χ0) is 26.8. The van der Waals surface area contributed by atoms with Crippen molar-refractivity contribution in [3.8, 4) is 6.01 Å². The van der Waals surface area contributed by atoms with E-state index in [2.05, 4.69) is 14.9 Å². The van der Waals surface area contributed by atoms with Crippen LogP contribution in [0, 0.1) is 5.82 Å². The summed E-state index contributed by atoms with van der Waals surface area (Å²) in [5.41, 5.74) is -0.937. The molecule has 2 aromatic heterocycles. The van der Waals surface area contributed by atoms with Gasteiger partial charge in [0.1, 0.15) is 29.7 Å². The van der Waals surface area contributed by atoms with Gasteiger partial charge in [-0.1, -0.05) is 11.6 Å². The summed E-state index contributed by atoms with van der Waals surface area (Å²) in [4.78, 5) is 32.0. The van der Waals surface area contributed by atoms with Gasteiger partial charge in [-0.05, 0) is 53.0 Å². The average Bonchev–Trinajstić information content (AvgIpc) is 3.46. The summed E-state index contributed by atoms with van der Waals surface area (Å²) >= 11 is 6.00. The second kappa shape index (κ2) is 9.29. The van der Waals surface area contributed by atoms with Gasteiger partial charge in [0.2, 0.25) is 0 Å². The number of halogens is 3. The van der Waals surface area contributed by atoms with E-state index in [-0.39, 0.29) is 47.0 Å². The van der Waals surface area contributed by atoms with Crippen molar-refractivity contribution in [2.24, 2.45) is 0 Å². The number of hydrogen-bond donors (Lipinski definition) is 0. The van der Waals surface area contributed by atoms with E-state index in [0.29, 0.717) is 37.3 Å². The number of hydrogen-bond acceptors (Lipinski definition) is 8. The molecule has 0 aliphatic carbocycles. The van der Waals surface area contributed by atoms with Crippen LogP contribution in [0.4, 0.5) is 19.4 Å². The maximum Gasteiger partial charge on any atom is 0.410 e. The molecule has 4 atom stereocenters. The van der Waals surface area contributed by atoms with E-state index in [0.717, 1.165) is 32.2 Å². The summed E-state index contributed by atoms with van der Waals surface area (Å²) in [7, 11) is 0. The standard InChI is InChI=1S/C26H33ClF2N6O3/c1-25(2,3)38-24(36)35-16-5-6-17(35)13-33(12-16)22-18-10-30-21(27)19(29)20(18)31-23(32-22)37-14-26-7-4-8-34(26)11-15(28)9-26/h10,15-17H,4-9,11-14H2,1-3H3/t15-,16?,17?,26?/m1/s1. The van der Waals surface area contributed by atoms with E-state index < -0.39 is 17.6 Å². The zero-order valence-corrected chi connectivity index (χ0v) is 22.7. The fourth-order valence-corrected chi connectivity index (χ4v) is 6.78. The van der Waals surface area contributed by atoms with Crippen LogP contribution in [0.5, 0.6) is 6.01 Å². The molecule has 0 N–H and O–H groups in total. The monoisotopic (exact) mass is 550 g/mol. The van der Waals surface area contributed by atoms with Gasteiger partial charge in [-0.3, -0.25) is 9.80 Å². The molecular weight excluding hydrogens is 518 g/mol. The number of amides is 1. The summed E-state index contributed by atoms with van der Waals surface area (Å²) in [6.45, 7) is 8.06. The molecule has 0 saturated carbocycles. The Kier molecular flexibility index (Phi) is 6.29. The van der Waals surface area contributed by atoms with Crippen LogP contribution >= 0.6 is 11.6 Å². The van der Waals surface area contributed by atoms with Crippen LogP contribution in [0.3, 0.4) is 0 Å². The first kappa shape index (κ1) is 25.7. The third-order valence-corrected chi connectivity index (χ3v) is 8.48. The second-order valence-corrected chi connectivity index (χ2v) is 12.4. The second-order valence-electron chi connectivity index (χ2n) is 12.0. The lowest BCUT2D eigenvalue weighted by atomic mass is 9.95. The van der Waals surface area contributed by atoms with Crippen LogP contribution in [0.2, 0.25) is 5.15 Å². The fraction of sp³-hybridized carbons (Fsp3) is 0.692. The predicted molar refractivity (Wildman–Crippen MR) is 138 cm³/mol. The highest BCUT2D eigenvalue weighted by molar-refractivity contribution is 6.30. The topological polar surface area (TPSA) is 83.9 Å². The molecule has 0 spiro atoms. The van der Waals surface area contributed by atoms with Crippen molar-refractivity contribution in [1.82, 2.24) is 24.8 Å². The number of piperazine rings is 1. The van der Waals surface area contributed by atoms with Gasteiger partial charge < -0.3 is 14.4 Å². The van der Waals surface area contributed by atoms with E-state index in [1.165, 1.54) is 6.20 Å². The molecule has 3 unspecified atom stereocenters. The molecule has 206 valence electrons. The van der Waals surface area contributed by atoms with Gasteiger partial charge in [-0.25, -0.2) is 18.6 Å². The fourth-order valence-electron chi connectivity index (χ4n) is 6.64. The van der Waals surface area contributed by atoms with E-state index in [4.69, 9.17) is 26.1 Å². The predicted octanol–water partition coefficient (Wildman–Crippen LogP) is 4.36. The molecule has 4 saturated heterocycles. The van der Waals surface area contributed by atoms with Crippen molar-refractivity contribution < 1.29 is 23.0 Å². The average molecular weight is 551 g/mol. The van der Waals surface area contributed by atoms with Crippen molar-refractivity contribution in [3.05, 3.63) is 17.2 Å². The molecule has 38 heavy (non-hydrogen) atoms. The van der Waals surface area contributed by atoms with Gasteiger partial charge in [-0.2, -0.15) is 9.97 Å². The Balaban J connectivity index is 1.30. The number of carbonyl (C=O) groups excluding carboxylic acids is 1. The van der Waals surface area contributed by atoms with Gasteiger partial charge in [0, 0.05) is 32.3 Å². The highest BCUT2D eigenvalue weighted by Gasteiger charge is 2.49. The molecule has 6 rings (SSSR count). The summed E-state index contributed by atoms with van der Waals surface area (Å²) in [6.07, 6.45) is 4.20. The smallest absolute Gasteiger partial charge is 0.410 e. The number of pyridine rings is 1. The van der Waals surface area contributed by atoms with E-state index in [1.54, 1.807) is 0 Å². The Bertz CT molecular complexity index is 1250. The van der Waals surface area contributed by atoms with Gasteiger partial charge in [0.05, 0.1) is 23.0 Å². The normalized spacial score (nSPS) is 29.3. The van der Waals surface area contributed by atoms with E-state index in [9.17, 15) is 9.18 Å². The Morgan fingerprint density at radius 3 is 2.66 bits per heavy atom. The van der Waals surface area contributed by atoms with Crippen LogP contribution < -0.4 is 9.64 Å². The molecule has 4 fully saturated rings. The Morgan fingerprint density at radius 1 is 1.21 bits per heavy atom. The maximum atomic E-state index is 15.1. The molecule has 6 heterocycles. The summed E-state index contributed by atoms with van der Waals surface area (Å²) in [5.74, 6) is -0.247. The molecule has 9 nitrogen and oxygen atoms in total. The van der Waals surface area contributed by atoms with E-state index >= 15 is 4.39 Å². The Hall–Kier alpha value is -2.53. The molecule has 2 aromatic rings. The molecule has 12 heteroatoms. The molecule has 1 amide bonds. The number of carbonyl (C=O) groups is 1. The third kappa shape index (κ3) is 4.51. The number of rotatable bonds is 4. The van der Waals surface area contributed by atoms with Crippen molar-refractivity contribution in [1.29, 1.82) is 0 Å². The summed E-state index contributed by atoms with van der Waals surface area (Å²) < 4.78 is 41.1. The van der Waals surface area contributed by atoms with Gasteiger partial charge in [-0.15, -0.1) is 0 Å². The molecule has 0 aromatic carbocycles. The number of ether oxygens (including phenoxy) is 2. The summed E-state index contributed by atoms with van der Waals surface area (Å²) in [5, 5.41) is 0.147. The maximum absolute atomic E-state index is 15.1. The van der Waals surface area contributed by atoms with Crippen molar-refractivity contribution in [2.75, 3.05) is 37.7 Å². The first-order chi connectivity index (χ1) is 18.0. The van der Waals surface area contributed by atoms with Gasteiger partial charge in [0.25, 0.3) is 0 Å². The van der Waals surface area contributed by atoms with Crippen molar-refractivity contribution >= 4 is 34.4 Å². The first-order valence-electron chi connectivity index (χ1n) is 13.3. The van der Waals surface area contributed by atoms with Gasteiger partial charge in [0.15, 0.2) is 11.0 Å². The molecular formula is C26H33ClF2N6O3. The number of fused-ring (bicyclic) bond motifs is 4. The van der Waals surface area contributed by atoms with Crippen LogP contribution in [0.25, 0.3) is 10.9 Å². The molecule has 4 aliphatic heterocycles. The van der Waals surface area contributed by atoms with Crippen molar-refractivity contribution in [2.45, 2.75) is 82.3 Å². The van der Waals surface area contributed by atoms with Crippen LogP contribution in [-0.2, 0) is 4.74 Å². The van der Waals surface area contributed by atoms with Gasteiger partial charge >= 0.3 is 12.1 Å². The molecule has 0 radical (unpaired) electrons. The number of aromatic nitrogens is 3. The molecule has 2 bridgehead atoms. The highest BCUT2D eigenvalue weighted by atomic mass is 35.5. The SMILES string of the molecule is CC(C)(C)OC(=O)N1C2CCC1CN(c1nc(OCC34CCCN3C[C@H](F)C4)nc3c(F)c(Cl)ncc13)C2. The van der Waals surface area contributed by atoms with Crippen molar-refractivity contribution in [3.63, 3.8) is 0 Å². The lowest BCUT2D eigenvalue weighted by molar-refractivity contribution is 0.0122. The molecule has 4 aliphatic rings. The largest absolute Gasteiger partial charge is 0.461 e. The van der Waals surface area contributed by atoms with Crippen LogP contribution in [-0.4, -0.2) is 93.0 Å². The number of alkyl halides is 1. The van der Waals surface area contributed by atoms with E-state index in [1.807, 2.05) is 30.6 Å². The minimum Gasteiger partial charge on any atom is -0.461 e. The third-order valence-electron chi connectivity index (χ3n) is 8.22. The Morgan fingerprint density at radius 2 is 1.95 bits per heavy atom. The van der Waals surface area contributed by atoms with Crippen LogP contribution in [0.1, 0.15) is 52.9 Å². The zero-order valence-electron chi connectivity index (χ0n) is 21.9. The lowest BCUT2D eigenvalue weighted by Gasteiger charge is -2.42. The minimum atomic E-state index is -0.883. The number of anilines is 1. The Labute approximate surface area is 225 Å². The highest BCUT2D eigenvalue weighted by Crippen LogP contribution is 2.41. The van der Waals surface area contributed by atoms with Crippen LogP contribution in [0.15, 0.2) is 6.20 Å². The lowest BCUT2D eigenvalue weighted by Crippen LogP contribution is -2.57. The minimum absolute atomic E-state index is 0.0270. The first-order valence-corrected chi connectivity index (χ1v) is 13.7.